The van der Waals surface area contributed by atoms with Crippen LogP contribution in [0.2, 0.25) is 0 Å². The number of ether oxygens (including phenoxy) is 1. The zero-order valence-corrected chi connectivity index (χ0v) is 17.0. The lowest BCUT2D eigenvalue weighted by atomic mass is 10.00. The van der Waals surface area contributed by atoms with Crippen molar-refractivity contribution in [2.75, 3.05) is 17.2 Å². The Bertz CT molecular complexity index is 816. The summed E-state index contributed by atoms with van der Waals surface area (Å²) >= 11 is 0. The number of hydrogen-bond acceptors (Lipinski definition) is 5. The van der Waals surface area contributed by atoms with E-state index in [0.29, 0.717) is 18.2 Å². The Morgan fingerprint density at radius 3 is 2.32 bits per heavy atom. The highest BCUT2D eigenvalue weighted by Gasteiger charge is 2.23. The topological polar surface area (TPSA) is 100 Å². The zero-order chi connectivity index (χ0) is 20.7. The summed E-state index contributed by atoms with van der Waals surface area (Å²) in [5.74, 6) is -0.320. The first-order chi connectivity index (χ1) is 13.3. The van der Waals surface area contributed by atoms with Gasteiger partial charge in [0, 0.05) is 23.0 Å². The lowest BCUT2D eigenvalue weighted by Gasteiger charge is -2.21. The highest BCUT2D eigenvalue weighted by molar-refractivity contribution is 5.95. The molecule has 0 aliphatic carbocycles. The zero-order valence-electron chi connectivity index (χ0n) is 17.0. The molecule has 0 saturated carbocycles. The molecule has 0 fully saturated rings. The highest BCUT2D eigenvalue weighted by atomic mass is 16.5. The van der Waals surface area contributed by atoms with Crippen LogP contribution in [0, 0.1) is 5.41 Å². The van der Waals surface area contributed by atoms with Crippen LogP contribution >= 0.6 is 0 Å². The van der Waals surface area contributed by atoms with E-state index in [2.05, 4.69) is 31.4 Å². The maximum absolute atomic E-state index is 12.6. The summed E-state index contributed by atoms with van der Waals surface area (Å²) in [6, 6.07) is 12.8. The second kappa shape index (κ2) is 9.78. The predicted octanol–water partition coefficient (Wildman–Crippen LogP) is 4.07. The Kier molecular flexibility index (Phi) is 7.44. The number of esters is 1. The van der Waals surface area contributed by atoms with Crippen molar-refractivity contribution in [1.82, 2.24) is 0 Å². The monoisotopic (exact) mass is 382 g/mol. The van der Waals surface area contributed by atoms with Crippen LogP contribution in [0.15, 0.2) is 42.5 Å². The first-order valence-corrected chi connectivity index (χ1v) is 9.62. The summed E-state index contributed by atoms with van der Waals surface area (Å²) < 4.78 is 5.29. The number of nitrogen functional groups attached to an aromatic ring is 1. The molecule has 1 unspecified atom stereocenters. The van der Waals surface area contributed by atoms with Crippen LogP contribution in [0.5, 0.6) is 0 Å². The van der Waals surface area contributed by atoms with Gasteiger partial charge in [-0.15, -0.1) is 0 Å². The van der Waals surface area contributed by atoms with Gasteiger partial charge in [0.25, 0.3) is 0 Å². The lowest BCUT2D eigenvalue weighted by Crippen LogP contribution is -2.24. The third-order valence-electron chi connectivity index (χ3n) is 4.32. The third-order valence-corrected chi connectivity index (χ3v) is 4.32. The molecule has 28 heavy (non-hydrogen) atoms. The number of benzene rings is 2. The minimum atomic E-state index is -0.624. The normalized spacial score (nSPS) is 11.8. The summed E-state index contributed by atoms with van der Waals surface area (Å²) in [6.45, 7) is 8.40. The van der Waals surface area contributed by atoms with Crippen molar-refractivity contribution in [2.45, 2.75) is 46.2 Å². The Balaban J connectivity index is 2.34. The van der Waals surface area contributed by atoms with Crippen molar-refractivity contribution in [3.63, 3.8) is 0 Å². The minimum absolute atomic E-state index is 0.00863. The summed E-state index contributed by atoms with van der Waals surface area (Å²) in [7, 11) is 0. The molecular formula is C22H30N4O2. The maximum Gasteiger partial charge on any atom is 0.333 e. The molecule has 5 N–H and O–H groups in total. The first-order valence-electron chi connectivity index (χ1n) is 9.62. The van der Waals surface area contributed by atoms with Crippen LogP contribution in [-0.4, -0.2) is 24.5 Å². The largest absolute Gasteiger partial charge is 0.464 e. The smallest absolute Gasteiger partial charge is 0.333 e. The molecule has 0 saturated heterocycles. The van der Waals surface area contributed by atoms with Crippen molar-refractivity contribution in [3.05, 3.63) is 59.2 Å². The molecule has 0 aliphatic heterocycles. The van der Waals surface area contributed by atoms with E-state index in [0.717, 1.165) is 28.9 Å². The van der Waals surface area contributed by atoms with Crippen LogP contribution < -0.4 is 16.4 Å². The Morgan fingerprint density at radius 1 is 1.11 bits per heavy atom. The number of anilines is 2. The van der Waals surface area contributed by atoms with Gasteiger partial charge in [0.2, 0.25) is 0 Å². The van der Waals surface area contributed by atoms with Crippen molar-refractivity contribution in [3.8, 4) is 0 Å². The standard InChI is InChI=1S/C22H30N4O2/c1-5-15-13-17(9-12-19(15)25-14(3)4)20(22(27)28-6-2)26-18-10-7-16(8-11-18)21(23)24/h7-14,20,25-26H,5-6H2,1-4H3,(H3,23,24). The molecule has 0 radical (unpaired) electrons. The van der Waals surface area contributed by atoms with Gasteiger partial charge < -0.3 is 21.1 Å². The SMILES string of the molecule is CCOC(=O)C(Nc1ccc(C(=N)N)cc1)c1ccc(NC(C)C)c(CC)c1. The lowest BCUT2D eigenvalue weighted by molar-refractivity contribution is -0.144. The molecule has 0 aliphatic rings. The number of aryl methyl sites for hydroxylation is 1. The molecule has 0 amide bonds. The number of amidine groups is 1. The van der Waals surface area contributed by atoms with E-state index < -0.39 is 6.04 Å². The molecule has 6 nitrogen and oxygen atoms in total. The summed E-state index contributed by atoms with van der Waals surface area (Å²) in [4.78, 5) is 12.6. The number of carbonyl (C=O) groups excluding carboxylic acids is 1. The van der Waals surface area contributed by atoms with Gasteiger partial charge >= 0.3 is 5.97 Å². The molecular weight excluding hydrogens is 352 g/mol. The van der Waals surface area contributed by atoms with Gasteiger partial charge in [-0.25, -0.2) is 4.79 Å². The Morgan fingerprint density at radius 2 is 1.79 bits per heavy atom. The van der Waals surface area contributed by atoms with E-state index in [-0.39, 0.29) is 11.8 Å². The van der Waals surface area contributed by atoms with Gasteiger partial charge in [0.05, 0.1) is 6.61 Å². The van der Waals surface area contributed by atoms with Gasteiger partial charge in [-0.05, 0) is 68.7 Å². The third kappa shape index (κ3) is 5.49. The van der Waals surface area contributed by atoms with Crippen molar-refractivity contribution in [2.24, 2.45) is 5.73 Å². The van der Waals surface area contributed by atoms with E-state index >= 15 is 0 Å². The summed E-state index contributed by atoms with van der Waals surface area (Å²) in [5, 5.41) is 14.2. The maximum atomic E-state index is 12.6. The fourth-order valence-electron chi connectivity index (χ4n) is 2.95. The molecule has 150 valence electrons. The number of carbonyl (C=O) groups is 1. The number of nitrogens with two attached hydrogens (primary N) is 1. The van der Waals surface area contributed by atoms with Crippen molar-refractivity contribution < 1.29 is 9.53 Å². The Labute approximate surface area is 167 Å². The molecule has 6 heteroatoms. The van der Waals surface area contributed by atoms with Gasteiger partial charge in [0.1, 0.15) is 5.84 Å². The van der Waals surface area contributed by atoms with Crippen LogP contribution in [0.4, 0.5) is 11.4 Å². The second-order valence-corrected chi connectivity index (χ2v) is 6.89. The second-order valence-electron chi connectivity index (χ2n) is 6.89. The molecule has 0 bridgehead atoms. The minimum Gasteiger partial charge on any atom is -0.464 e. The summed E-state index contributed by atoms with van der Waals surface area (Å²) in [5.41, 5.74) is 9.97. The highest BCUT2D eigenvalue weighted by Crippen LogP contribution is 2.27. The van der Waals surface area contributed by atoms with Gasteiger partial charge in [0.15, 0.2) is 6.04 Å². The van der Waals surface area contributed by atoms with Crippen LogP contribution in [0.1, 0.15) is 50.4 Å². The number of rotatable bonds is 9. The van der Waals surface area contributed by atoms with Crippen LogP contribution in [-0.2, 0) is 16.0 Å². The summed E-state index contributed by atoms with van der Waals surface area (Å²) in [6.07, 6.45) is 0.853. The van der Waals surface area contributed by atoms with Gasteiger partial charge in [-0.1, -0.05) is 19.1 Å². The van der Waals surface area contributed by atoms with Crippen molar-refractivity contribution in [1.29, 1.82) is 5.41 Å². The van der Waals surface area contributed by atoms with Crippen molar-refractivity contribution >= 4 is 23.2 Å². The molecule has 2 aromatic carbocycles. The predicted molar refractivity (Wildman–Crippen MR) is 115 cm³/mol. The quantitative estimate of drug-likeness (QED) is 0.298. The Hall–Kier alpha value is -3.02. The molecule has 2 aromatic rings. The molecule has 1 atom stereocenters. The van der Waals surface area contributed by atoms with Crippen LogP contribution in [0.3, 0.4) is 0 Å². The fourth-order valence-corrected chi connectivity index (χ4v) is 2.95. The average Bonchev–Trinajstić information content (AvgIpc) is 2.66. The number of hydrogen-bond donors (Lipinski definition) is 4. The molecule has 0 aromatic heterocycles. The number of nitrogens with one attached hydrogen (secondary N) is 3. The molecule has 0 heterocycles. The van der Waals surface area contributed by atoms with Gasteiger partial charge in [-0.3, -0.25) is 5.41 Å². The van der Waals surface area contributed by atoms with E-state index in [9.17, 15) is 4.79 Å². The first kappa shape index (κ1) is 21.3. The van der Waals surface area contributed by atoms with E-state index in [4.69, 9.17) is 15.9 Å². The average molecular weight is 383 g/mol. The van der Waals surface area contributed by atoms with E-state index in [1.54, 1.807) is 31.2 Å². The molecule has 2 rings (SSSR count). The van der Waals surface area contributed by atoms with Crippen LogP contribution in [0.25, 0.3) is 0 Å². The molecule has 0 spiro atoms. The van der Waals surface area contributed by atoms with Gasteiger partial charge in [-0.2, -0.15) is 0 Å². The van der Waals surface area contributed by atoms with E-state index in [1.807, 2.05) is 18.2 Å². The van der Waals surface area contributed by atoms with E-state index in [1.165, 1.54) is 0 Å². The fraction of sp³-hybridized carbons (Fsp3) is 0.364.